The van der Waals surface area contributed by atoms with Crippen molar-refractivity contribution in [3.63, 3.8) is 0 Å². The Kier molecular flexibility index (Phi) is 3.17. The monoisotopic (exact) mass is 280 g/mol. The van der Waals surface area contributed by atoms with Crippen LogP contribution in [0.25, 0.3) is 5.65 Å². The molecule has 3 rings (SSSR count). The molecule has 0 spiro atoms. The Morgan fingerprint density at radius 1 is 1.24 bits per heavy atom. The van der Waals surface area contributed by atoms with Crippen molar-refractivity contribution in [3.8, 4) is 0 Å². The fourth-order valence-corrected chi connectivity index (χ4v) is 2.32. The standard InChI is InChI=1S/C16H16N4O/c1-10-6-8-20-13(9-10)18-12(3)14(20)16(21)19-15-11(2)5-4-7-17-15/h4-9H,1-3H3,(H,17,19,21). The summed E-state index contributed by atoms with van der Waals surface area (Å²) >= 11 is 0. The third-order valence-corrected chi connectivity index (χ3v) is 3.41. The third kappa shape index (κ3) is 2.38. The summed E-state index contributed by atoms with van der Waals surface area (Å²) < 4.78 is 1.80. The van der Waals surface area contributed by atoms with Crippen molar-refractivity contribution in [2.24, 2.45) is 0 Å². The van der Waals surface area contributed by atoms with E-state index in [9.17, 15) is 4.79 Å². The van der Waals surface area contributed by atoms with Crippen LogP contribution in [0.3, 0.4) is 0 Å². The summed E-state index contributed by atoms with van der Waals surface area (Å²) in [5.41, 5.74) is 4.05. The summed E-state index contributed by atoms with van der Waals surface area (Å²) in [5.74, 6) is 0.370. The number of nitrogens with one attached hydrogen (secondary N) is 1. The van der Waals surface area contributed by atoms with E-state index in [4.69, 9.17) is 0 Å². The predicted molar refractivity (Wildman–Crippen MR) is 81.6 cm³/mol. The van der Waals surface area contributed by atoms with E-state index in [1.54, 1.807) is 10.6 Å². The summed E-state index contributed by atoms with van der Waals surface area (Å²) in [7, 11) is 0. The lowest BCUT2D eigenvalue weighted by atomic mass is 10.2. The Bertz CT molecular complexity index is 835. The van der Waals surface area contributed by atoms with Gasteiger partial charge in [0.2, 0.25) is 0 Å². The van der Waals surface area contributed by atoms with Crippen molar-refractivity contribution in [2.45, 2.75) is 20.8 Å². The molecule has 0 aliphatic carbocycles. The molecule has 1 N–H and O–H groups in total. The highest BCUT2D eigenvalue weighted by molar-refractivity contribution is 6.04. The van der Waals surface area contributed by atoms with Gasteiger partial charge in [-0.15, -0.1) is 0 Å². The number of carbonyl (C=O) groups excluding carboxylic acids is 1. The minimum absolute atomic E-state index is 0.203. The van der Waals surface area contributed by atoms with Gasteiger partial charge in [0, 0.05) is 12.4 Å². The summed E-state index contributed by atoms with van der Waals surface area (Å²) in [4.78, 5) is 21.2. The fraction of sp³-hybridized carbons (Fsp3) is 0.188. The van der Waals surface area contributed by atoms with Gasteiger partial charge in [0.1, 0.15) is 17.2 Å². The smallest absolute Gasteiger partial charge is 0.275 e. The minimum Gasteiger partial charge on any atom is -0.305 e. The largest absolute Gasteiger partial charge is 0.305 e. The van der Waals surface area contributed by atoms with Gasteiger partial charge in [0.15, 0.2) is 0 Å². The van der Waals surface area contributed by atoms with Crippen LogP contribution in [0.15, 0.2) is 36.7 Å². The first-order chi connectivity index (χ1) is 10.1. The number of anilines is 1. The first kappa shape index (κ1) is 13.3. The molecule has 0 aliphatic heterocycles. The van der Waals surface area contributed by atoms with Gasteiger partial charge >= 0.3 is 0 Å². The minimum atomic E-state index is -0.203. The molecule has 5 heteroatoms. The molecule has 3 aromatic rings. The average Bonchev–Trinajstić information content (AvgIpc) is 2.76. The quantitative estimate of drug-likeness (QED) is 0.785. The molecular formula is C16H16N4O. The number of aromatic nitrogens is 3. The molecule has 0 atom stereocenters. The maximum Gasteiger partial charge on any atom is 0.275 e. The Labute approximate surface area is 122 Å². The number of carbonyl (C=O) groups is 1. The van der Waals surface area contributed by atoms with E-state index < -0.39 is 0 Å². The van der Waals surface area contributed by atoms with Gasteiger partial charge in [0.05, 0.1) is 5.69 Å². The van der Waals surface area contributed by atoms with Gasteiger partial charge < -0.3 is 5.32 Å². The normalized spacial score (nSPS) is 10.8. The molecule has 0 aliphatic rings. The Balaban J connectivity index is 2.02. The van der Waals surface area contributed by atoms with Gasteiger partial charge in [-0.3, -0.25) is 9.20 Å². The summed E-state index contributed by atoms with van der Waals surface area (Å²) in [6, 6.07) is 7.66. The van der Waals surface area contributed by atoms with Crippen LogP contribution in [0.1, 0.15) is 27.3 Å². The van der Waals surface area contributed by atoms with Gasteiger partial charge in [-0.25, -0.2) is 9.97 Å². The van der Waals surface area contributed by atoms with E-state index in [0.717, 1.165) is 16.8 Å². The van der Waals surface area contributed by atoms with E-state index in [1.807, 2.05) is 51.2 Å². The van der Waals surface area contributed by atoms with Crippen molar-refractivity contribution in [1.29, 1.82) is 0 Å². The number of rotatable bonds is 2. The lowest BCUT2D eigenvalue weighted by molar-refractivity contribution is 0.102. The average molecular weight is 280 g/mol. The molecule has 1 amide bonds. The lowest BCUT2D eigenvalue weighted by Gasteiger charge is -2.07. The molecule has 0 radical (unpaired) electrons. The molecule has 0 saturated heterocycles. The van der Waals surface area contributed by atoms with Crippen LogP contribution in [0.2, 0.25) is 0 Å². The third-order valence-electron chi connectivity index (χ3n) is 3.41. The Morgan fingerprint density at radius 2 is 2.05 bits per heavy atom. The van der Waals surface area contributed by atoms with Crippen LogP contribution in [-0.4, -0.2) is 20.3 Å². The maximum absolute atomic E-state index is 12.5. The number of pyridine rings is 2. The van der Waals surface area contributed by atoms with E-state index in [-0.39, 0.29) is 5.91 Å². The molecule has 106 valence electrons. The Morgan fingerprint density at radius 3 is 2.81 bits per heavy atom. The van der Waals surface area contributed by atoms with Crippen molar-refractivity contribution in [1.82, 2.24) is 14.4 Å². The van der Waals surface area contributed by atoms with E-state index >= 15 is 0 Å². The second-order valence-electron chi connectivity index (χ2n) is 5.10. The van der Waals surface area contributed by atoms with Gasteiger partial charge in [-0.05, 0) is 50.1 Å². The highest BCUT2D eigenvalue weighted by atomic mass is 16.2. The maximum atomic E-state index is 12.5. The molecule has 3 heterocycles. The van der Waals surface area contributed by atoms with Crippen LogP contribution in [0.4, 0.5) is 5.82 Å². The molecule has 0 unspecified atom stereocenters. The van der Waals surface area contributed by atoms with Crippen LogP contribution in [0.5, 0.6) is 0 Å². The van der Waals surface area contributed by atoms with Crippen LogP contribution < -0.4 is 5.32 Å². The van der Waals surface area contributed by atoms with Crippen LogP contribution in [-0.2, 0) is 0 Å². The predicted octanol–water partition coefficient (Wildman–Crippen LogP) is 2.91. The zero-order valence-electron chi connectivity index (χ0n) is 12.2. The first-order valence-corrected chi connectivity index (χ1v) is 6.74. The fourth-order valence-electron chi connectivity index (χ4n) is 2.32. The van der Waals surface area contributed by atoms with Crippen molar-refractivity contribution in [3.05, 3.63) is 59.2 Å². The van der Waals surface area contributed by atoms with Crippen molar-refractivity contribution >= 4 is 17.4 Å². The second-order valence-corrected chi connectivity index (χ2v) is 5.10. The zero-order valence-corrected chi connectivity index (χ0v) is 12.2. The highest BCUT2D eigenvalue weighted by Gasteiger charge is 2.17. The molecule has 21 heavy (non-hydrogen) atoms. The van der Waals surface area contributed by atoms with E-state index in [2.05, 4.69) is 15.3 Å². The molecule has 3 aromatic heterocycles. The number of aryl methyl sites for hydroxylation is 3. The van der Waals surface area contributed by atoms with E-state index in [0.29, 0.717) is 17.2 Å². The van der Waals surface area contributed by atoms with Gasteiger partial charge in [-0.1, -0.05) is 6.07 Å². The number of amides is 1. The summed E-state index contributed by atoms with van der Waals surface area (Å²) in [6.07, 6.45) is 3.53. The lowest BCUT2D eigenvalue weighted by Crippen LogP contribution is -2.17. The van der Waals surface area contributed by atoms with Crippen LogP contribution >= 0.6 is 0 Å². The van der Waals surface area contributed by atoms with Gasteiger partial charge in [-0.2, -0.15) is 0 Å². The molecule has 0 fully saturated rings. The first-order valence-electron chi connectivity index (χ1n) is 6.74. The SMILES string of the molecule is Cc1ccn2c(C(=O)Nc3ncccc3C)c(C)nc2c1. The number of fused-ring (bicyclic) bond motifs is 1. The number of hydrogen-bond acceptors (Lipinski definition) is 3. The summed E-state index contributed by atoms with van der Waals surface area (Å²) in [6.45, 7) is 5.75. The second kappa shape index (κ2) is 5.01. The highest BCUT2D eigenvalue weighted by Crippen LogP contribution is 2.16. The van der Waals surface area contributed by atoms with Gasteiger partial charge in [0.25, 0.3) is 5.91 Å². The topological polar surface area (TPSA) is 59.3 Å². The zero-order chi connectivity index (χ0) is 15.0. The number of hydrogen-bond donors (Lipinski definition) is 1. The Hall–Kier alpha value is -2.69. The molecular weight excluding hydrogens is 264 g/mol. The molecule has 0 saturated carbocycles. The van der Waals surface area contributed by atoms with Crippen molar-refractivity contribution in [2.75, 3.05) is 5.32 Å². The van der Waals surface area contributed by atoms with Crippen LogP contribution in [0, 0.1) is 20.8 Å². The number of imidazole rings is 1. The molecule has 5 nitrogen and oxygen atoms in total. The van der Waals surface area contributed by atoms with Crippen molar-refractivity contribution < 1.29 is 4.79 Å². The molecule has 0 aromatic carbocycles. The summed E-state index contributed by atoms with van der Waals surface area (Å²) in [5, 5.41) is 2.85. The van der Waals surface area contributed by atoms with E-state index in [1.165, 1.54) is 0 Å². The number of nitrogens with zero attached hydrogens (tertiary/aromatic N) is 3. The molecule has 0 bridgehead atoms.